The van der Waals surface area contributed by atoms with Gasteiger partial charge in [-0.05, 0) is 19.1 Å². The van der Waals surface area contributed by atoms with Crippen molar-refractivity contribution in [1.29, 1.82) is 5.26 Å². The van der Waals surface area contributed by atoms with Crippen molar-refractivity contribution >= 4 is 0 Å². The number of rotatable bonds is 3. The summed E-state index contributed by atoms with van der Waals surface area (Å²) in [6.45, 7) is 1.79. The molecule has 6 heteroatoms. The first-order valence-electron chi connectivity index (χ1n) is 4.82. The van der Waals surface area contributed by atoms with Crippen molar-refractivity contribution in [1.82, 2.24) is 10.3 Å². The SMILES string of the molecule is Cc1nonc1COc1cccc(F)c1C#N. The largest absolute Gasteiger partial charge is 0.486 e. The van der Waals surface area contributed by atoms with Crippen LogP contribution in [0.5, 0.6) is 5.75 Å². The van der Waals surface area contributed by atoms with E-state index in [1.807, 2.05) is 0 Å². The maximum atomic E-state index is 13.2. The van der Waals surface area contributed by atoms with Crippen LogP contribution in [-0.4, -0.2) is 10.3 Å². The molecule has 1 aromatic heterocycles. The first-order chi connectivity index (χ1) is 8.22. The Morgan fingerprint density at radius 3 is 2.94 bits per heavy atom. The average molecular weight is 233 g/mol. The van der Waals surface area contributed by atoms with E-state index in [2.05, 4.69) is 14.9 Å². The number of halogens is 1. The van der Waals surface area contributed by atoms with Crippen LogP contribution in [0.25, 0.3) is 0 Å². The highest BCUT2D eigenvalue weighted by molar-refractivity contribution is 5.43. The van der Waals surface area contributed by atoms with Gasteiger partial charge >= 0.3 is 0 Å². The molecule has 2 rings (SSSR count). The third-order valence-corrected chi connectivity index (χ3v) is 2.20. The van der Waals surface area contributed by atoms with Gasteiger partial charge in [0.05, 0.1) is 0 Å². The van der Waals surface area contributed by atoms with Crippen LogP contribution in [-0.2, 0) is 6.61 Å². The fourth-order valence-corrected chi connectivity index (χ4v) is 1.26. The maximum Gasteiger partial charge on any atom is 0.145 e. The number of nitriles is 1. The molecule has 86 valence electrons. The van der Waals surface area contributed by atoms with E-state index in [0.717, 1.165) is 0 Å². The fourth-order valence-electron chi connectivity index (χ4n) is 1.26. The summed E-state index contributed by atoms with van der Waals surface area (Å²) >= 11 is 0. The van der Waals surface area contributed by atoms with Crippen LogP contribution < -0.4 is 4.74 Å². The van der Waals surface area contributed by atoms with Gasteiger partial charge in [0.25, 0.3) is 0 Å². The highest BCUT2D eigenvalue weighted by Crippen LogP contribution is 2.21. The molecular weight excluding hydrogens is 225 g/mol. The Morgan fingerprint density at radius 1 is 1.47 bits per heavy atom. The molecule has 0 amide bonds. The van der Waals surface area contributed by atoms with E-state index in [4.69, 9.17) is 10.00 Å². The molecule has 0 spiro atoms. The zero-order valence-electron chi connectivity index (χ0n) is 8.98. The Morgan fingerprint density at radius 2 is 2.29 bits per heavy atom. The summed E-state index contributed by atoms with van der Waals surface area (Å²) in [6, 6.07) is 5.94. The Balaban J connectivity index is 2.18. The van der Waals surface area contributed by atoms with Crippen molar-refractivity contribution in [3.63, 3.8) is 0 Å². The third-order valence-electron chi connectivity index (χ3n) is 2.20. The molecule has 0 saturated carbocycles. The molecule has 0 aliphatic rings. The molecule has 0 radical (unpaired) electrons. The molecule has 0 fully saturated rings. The Bertz CT molecular complexity index is 574. The summed E-state index contributed by atoms with van der Waals surface area (Å²) in [5, 5.41) is 16.0. The monoisotopic (exact) mass is 233 g/mol. The topological polar surface area (TPSA) is 71.9 Å². The average Bonchev–Trinajstić information content (AvgIpc) is 2.72. The molecule has 2 aromatic rings. The van der Waals surface area contributed by atoms with Gasteiger partial charge in [-0.1, -0.05) is 16.4 Å². The molecule has 5 nitrogen and oxygen atoms in total. The molecule has 17 heavy (non-hydrogen) atoms. The minimum Gasteiger partial charge on any atom is -0.486 e. The Kier molecular flexibility index (Phi) is 3.01. The summed E-state index contributed by atoms with van der Waals surface area (Å²) in [4.78, 5) is 0. The molecular formula is C11H8FN3O2. The summed E-state index contributed by atoms with van der Waals surface area (Å²) in [7, 11) is 0. The number of hydrogen-bond acceptors (Lipinski definition) is 5. The second-order valence-corrected chi connectivity index (χ2v) is 3.31. The zero-order chi connectivity index (χ0) is 12.3. The van der Waals surface area contributed by atoms with Crippen molar-refractivity contribution in [3.05, 3.63) is 41.0 Å². The van der Waals surface area contributed by atoms with E-state index < -0.39 is 5.82 Å². The lowest BCUT2D eigenvalue weighted by molar-refractivity contribution is 0.269. The van der Waals surface area contributed by atoms with Gasteiger partial charge in [-0.2, -0.15) is 5.26 Å². The van der Waals surface area contributed by atoms with E-state index in [0.29, 0.717) is 11.4 Å². The van der Waals surface area contributed by atoms with Crippen molar-refractivity contribution in [2.45, 2.75) is 13.5 Å². The predicted octanol–water partition coefficient (Wildman–Crippen LogP) is 1.97. The lowest BCUT2D eigenvalue weighted by atomic mass is 10.2. The van der Waals surface area contributed by atoms with Crippen LogP contribution >= 0.6 is 0 Å². The summed E-state index contributed by atoms with van der Waals surface area (Å²) in [6.07, 6.45) is 0. The summed E-state index contributed by atoms with van der Waals surface area (Å²) in [5.41, 5.74) is 0.986. The van der Waals surface area contributed by atoms with Gasteiger partial charge in [0.2, 0.25) is 0 Å². The van der Waals surface area contributed by atoms with Gasteiger partial charge in [-0.15, -0.1) is 0 Å². The van der Waals surface area contributed by atoms with Crippen molar-refractivity contribution in [2.75, 3.05) is 0 Å². The summed E-state index contributed by atoms with van der Waals surface area (Å²) in [5.74, 6) is -0.435. The standard InChI is InChI=1S/C11H8FN3O2/c1-7-10(15-17-14-7)6-16-11-4-2-3-9(12)8(11)5-13/h2-4H,6H2,1H3. The Labute approximate surface area is 96.4 Å². The van der Waals surface area contributed by atoms with Crippen molar-refractivity contribution in [3.8, 4) is 11.8 Å². The van der Waals surface area contributed by atoms with Gasteiger partial charge in [-0.25, -0.2) is 9.02 Å². The van der Waals surface area contributed by atoms with Gasteiger partial charge in [0.15, 0.2) is 0 Å². The van der Waals surface area contributed by atoms with Crippen LogP contribution in [0.4, 0.5) is 4.39 Å². The molecule has 0 saturated heterocycles. The second-order valence-electron chi connectivity index (χ2n) is 3.31. The molecule has 0 aliphatic carbocycles. The number of aryl methyl sites for hydroxylation is 1. The Hall–Kier alpha value is -2.42. The quantitative estimate of drug-likeness (QED) is 0.810. The normalized spacial score (nSPS) is 9.94. The van der Waals surface area contributed by atoms with Gasteiger partial charge in [0, 0.05) is 0 Å². The first kappa shape index (κ1) is 11.1. The van der Waals surface area contributed by atoms with Crippen LogP contribution in [0, 0.1) is 24.1 Å². The first-order valence-corrected chi connectivity index (χ1v) is 4.82. The number of aromatic nitrogens is 2. The number of benzene rings is 1. The van der Waals surface area contributed by atoms with Crippen LogP contribution in [0.15, 0.2) is 22.8 Å². The van der Waals surface area contributed by atoms with Crippen LogP contribution in [0.2, 0.25) is 0 Å². The molecule has 1 aromatic carbocycles. The van der Waals surface area contributed by atoms with Gasteiger partial charge in [-0.3, -0.25) is 0 Å². The smallest absolute Gasteiger partial charge is 0.145 e. The predicted molar refractivity (Wildman–Crippen MR) is 54.5 cm³/mol. The fraction of sp³-hybridized carbons (Fsp3) is 0.182. The van der Waals surface area contributed by atoms with E-state index in [1.165, 1.54) is 18.2 Å². The van der Waals surface area contributed by atoms with Crippen molar-refractivity contribution < 1.29 is 13.8 Å². The molecule has 0 unspecified atom stereocenters. The number of ether oxygens (including phenoxy) is 1. The molecule has 0 N–H and O–H groups in total. The number of nitrogens with zero attached hydrogens (tertiary/aromatic N) is 3. The minimum absolute atomic E-state index is 0.0769. The molecule has 0 bridgehead atoms. The zero-order valence-corrected chi connectivity index (χ0v) is 8.98. The highest BCUT2D eigenvalue weighted by atomic mass is 19.1. The van der Waals surface area contributed by atoms with Crippen molar-refractivity contribution in [2.24, 2.45) is 0 Å². The maximum absolute atomic E-state index is 13.2. The van der Waals surface area contributed by atoms with E-state index >= 15 is 0 Å². The van der Waals surface area contributed by atoms with Crippen LogP contribution in [0.1, 0.15) is 17.0 Å². The lowest BCUT2D eigenvalue weighted by Crippen LogP contribution is -2.00. The van der Waals surface area contributed by atoms with Gasteiger partial charge in [0.1, 0.15) is 41.2 Å². The molecule has 0 atom stereocenters. The van der Waals surface area contributed by atoms with Crippen LogP contribution in [0.3, 0.4) is 0 Å². The minimum atomic E-state index is -0.611. The summed E-state index contributed by atoms with van der Waals surface area (Å²) < 4.78 is 23.1. The highest BCUT2D eigenvalue weighted by Gasteiger charge is 2.11. The van der Waals surface area contributed by atoms with E-state index in [9.17, 15) is 4.39 Å². The number of hydrogen-bond donors (Lipinski definition) is 0. The second kappa shape index (κ2) is 4.61. The van der Waals surface area contributed by atoms with E-state index in [1.54, 1.807) is 13.0 Å². The van der Waals surface area contributed by atoms with E-state index in [-0.39, 0.29) is 17.9 Å². The molecule has 0 aliphatic heterocycles. The molecule has 1 heterocycles. The third kappa shape index (κ3) is 2.23. The van der Waals surface area contributed by atoms with Gasteiger partial charge < -0.3 is 4.74 Å². The lowest BCUT2D eigenvalue weighted by Gasteiger charge is -2.06.